The van der Waals surface area contributed by atoms with Gasteiger partial charge in [-0.3, -0.25) is 4.79 Å². The lowest BCUT2D eigenvalue weighted by atomic mass is 9.99. The molecule has 1 aliphatic heterocycles. The molecule has 1 aromatic heterocycles. The Kier molecular flexibility index (Phi) is 3.99. The lowest BCUT2D eigenvalue weighted by Crippen LogP contribution is -2.39. The standard InChI is InChI=1S/C16H20N4O/c1-13-3-2-8-19(9-13)16(21)15-6-4-14(5-7-15)10-20-12-17-11-18-20/h4-7,11-13H,2-3,8-10H2,1H3. The number of nitrogens with zero attached hydrogens (tertiary/aromatic N) is 4. The summed E-state index contributed by atoms with van der Waals surface area (Å²) in [6.45, 7) is 4.64. The molecule has 0 aliphatic carbocycles. The Bertz CT molecular complexity index is 591. The second kappa shape index (κ2) is 6.08. The Morgan fingerprint density at radius 3 is 2.81 bits per heavy atom. The first-order chi connectivity index (χ1) is 10.2. The van der Waals surface area contributed by atoms with Crippen LogP contribution in [0.15, 0.2) is 36.9 Å². The molecule has 1 unspecified atom stereocenters. The maximum Gasteiger partial charge on any atom is 0.253 e. The molecule has 5 nitrogen and oxygen atoms in total. The molecule has 0 saturated carbocycles. The Morgan fingerprint density at radius 1 is 1.33 bits per heavy atom. The van der Waals surface area contributed by atoms with Gasteiger partial charge in [-0.2, -0.15) is 5.10 Å². The minimum atomic E-state index is 0.147. The SMILES string of the molecule is CC1CCCN(C(=O)c2ccc(Cn3cncn3)cc2)C1. The first-order valence-corrected chi connectivity index (χ1v) is 7.43. The van der Waals surface area contributed by atoms with Crippen molar-refractivity contribution in [3.05, 3.63) is 48.0 Å². The van der Waals surface area contributed by atoms with Gasteiger partial charge in [0.15, 0.2) is 0 Å². The van der Waals surface area contributed by atoms with Crippen LogP contribution in [0.3, 0.4) is 0 Å². The van der Waals surface area contributed by atoms with Crippen molar-refractivity contribution >= 4 is 5.91 Å². The van der Waals surface area contributed by atoms with Crippen LogP contribution in [0.4, 0.5) is 0 Å². The van der Waals surface area contributed by atoms with Crippen LogP contribution in [-0.4, -0.2) is 38.7 Å². The number of rotatable bonds is 3. The van der Waals surface area contributed by atoms with Gasteiger partial charge in [0.2, 0.25) is 0 Å². The molecule has 1 saturated heterocycles. The summed E-state index contributed by atoms with van der Waals surface area (Å²) in [5, 5.41) is 4.08. The third-order valence-corrected chi connectivity index (χ3v) is 3.96. The molecule has 21 heavy (non-hydrogen) atoms. The van der Waals surface area contributed by atoms with Crippen LogP contribution in [0.1, 0.15) is 35.7 Å². The van der Waals surface area contributed by atoms with Crippen molar-refractivity contribution in [1.29, 1.82) is 0 Å². The third-order valence-electron chi connectivity index (χ3n) is 3.96. The average molecular weight is 284 g/mol. The van der Waals surface area contributed by atoms with E-state index in [2.05, 4.69) is 17.0 Å². The van der Waals surface area contributed by atoms with Gasteiger partial charge in [-0.1, -0.05) is 19.1 Å². The van der Waals surface area contributed by atoms with Gasteiger partial charge in [0, 0.05) is 18.7 Å². The van der Waals surface area contributed by atoms with Crippen molar-refractivity contribution in [2.24, 2.45) is 5.92 Å². The quantitative estimate of drug-likeness (QED) is 0.868. The molecule has 1 aromatic carbocycles. The zero-order valence-electron chi connectivity index (χ0n) is 12.3. The summed E-state index contributed by atoms with van der Waals surface area (Å²) in [5.41, 5.74) is 1.88. The fourth-order valence-corrected chi connectivity index (χ4v) is 2.81. The number of hydrogen-bond donors (Lipinski definition) is 0. The molecule has 5 heteroatoms. The van der Waals surface area contributed by atoms with Crippen LogP contribution in [-0.2, 0) is 6.54 Å². The first-order valence-electron chi connectivity index (χ1n) is 7.43. The van der Waals surface area contributed by atoms with E-state index in [4.69, 9.17) is 0 Å². The summed E-state index contributed by atoms with van der Waals surface area (Å²) < 4.78 is 1.77. The van der Waals surface area contributed by atoms with Crippen LogP contribution >= 0.6 is 0 Å². The van der Waals surface area contributed by atoms with Crippen molar-refractivity contribution < 1.29 is 4.79 Å². The van der Waals surface area contributed by atoms with Crippen molar-refractivity contribution in [2.45, 2.75) is 26.3 Å². The molecule has 0 radical (unpaired) electrons. The smallest absolute Gasteiger partial charge is 0.253 e. The fourth-order valence-electron chi connectivity index (χ4n) is 2.81. The predicted octanol–water partition coefficient (Wildman–Crippen LogP) is 2.20. The van der Waals surface area contributed by atoms with E-state index < -0.39 is 0 Å². The number of benzene rings is 1. The Labute approximate surface area is 124 Å². The zero-order valence-corrected chi connectivity index (χ0v) is 12.3. The Morgan fingerprint density at radius 2 is 2.14 bits per heavy atom. The van der Waals surface area contributed by atoms with E-state index in [0.717, 1.165) is 30.6 Å². The van der Waals surface area contributed by atoms with Gasteiger partial charge in [-0.15, -0.1) is 0 Å². The normalized spacial score (nSPS) is 18.7. The number of carbonyl (C=O) groups is 1. The van der Waals surface area contributed by atoms with Gasteiger partial charge >= 0.3 is 0 Å². The lowest BCUT2D eigenvalue weighted by Gasteiger charge is -2.31. The number of carbonyl (C=O) groups excluding carboxylic acids is 1. The highest BCUT2D eigenvalue weighted by molar-refractivity contribution is 5.94. The summed E-state index contributed by atoms with van der Waals surface area (Å²) in [6.07, 6.45) is 5.54. The lowest BCUT2D eigenvalue weighted by molar-refractivity contribution is 0.0683. The summed E-state index contributed by atoms with van der Waals surface area (Å²) in [7, 11) is 0. The number of likely N-dealkylation sites (tertiary alicyclic amines) is 1. The topological polar surface area (TPSA) is 51.0 Å². The Hall–Kier alpha value is -2.17. The molecule has 0 N–H and O–H groups in total. The van der Waals surface area contributed by atoms with Gasteiger partial charge < -0.3 is 4.90 Å². The number of aromatic nitrogens is 3. The largest absolute Gasteiger partial charge is 0.338 e. The molecule has 0 spiro atoms. The van der Waals surface area contributed by atoms with Gasteiger partial charge in [-0.25, -0.2) is 9.67 Å². The van der Waals surface area contributed by atoms with Crippen LogP contribution in [0.25, 0.3) is 0 Å². The monoisotopic (exact) mass is 284 g/mol. The molecule has 1 aliphatic rings. The summed E-state index contributed by atoms with van der Waals surface area (Å²) in [5.74, 6) is 0.753. The minimum Gasteiger partial charge on any atom is -0.338 e. The van der Waals surface area contributed by atoms with Crippen molar-refractivity contribution in [3.8, 4) is 0 Å². The summed E-state index contributed by atoms with van der Waals surface area (Å²) >= 11 is 0. The summed E-state index contributed by atoms with van der Waals surface area (Å²) in [6, 6.07) is 7.80. The number of piperidine rings is 1. The number of hydrogen-bond acceptors (Lipinski definition) is 3. The molecular weight excluding hydrogens is 264 g/mol. The molecule has 2 aromatic rings. The van der Waals surface area contributed by atoms with Crippen molar-refractivity contribution in [2.75, 3.05) is 13.1 Å². The highest BCUT2D eigenvalue weighted by atomic mass is 16.2. The molecule has 1 amide bonds. The van der Waals surface area contributed by atoms with Crippen LogP contribution in [0.5, 0.6) is 0 Å². The zero-order chi connectivity index (χ0) is 14.7. The first kappa shape index (κ1) is 13.8. The molecule has 3 rings (SSSR count). The van der Waals surface area contributed by atoms with E-state index in [-0.39, 0.29) is 5.91 Å². The molecule has 0 bridgehead atoms. The fraction of sp³-hybridized carbons (Fsp3) is 0.438. The molecular formula is C16H20N4O. The predicted molar refractivity (Wildman–Crippen MR) is 79.9 cm³/mol. The van der Waals surface area contributed by atoms with Crippen LogP contribution < -0.4 is 0 Å². The van der Waals surface area contributed by atoms with Gasteiger partial charge in [0.05, 0.1) is 6.54 Å². The van der Waals surface area contributed by atoms with E-state index in [1.807, 2.05) is 29.2 Å². The van der Waals surface area contributed by atoms with E-state index >= 15 is 0 Å². The Balaban J connectivity index is 1.67. The van der Waals surface area contributed by atoms with Crippen LogP contribution in [0, 0.1) is 5.92 Å². The highest BCUT2D eigenvalue weighted by Crippen LogP contribution is 2.18. The van der Waals surface area contributed by atoms with Gasteiger partial charge in [-0.05, 0) is 36.5 Å². The van der Waals surface area contributed by atoms with E-state index in [1.165, 1.54) is 12.7 Å². The summed E-state index contributed by atoms with van der Waals surface area (Å²) in [4.78, 5) is 18.4. The molecule has 2 heterocycles. The highest BCUT2D eigenvalue weighted by Gasteiger charge is 2.21. The average Bonchev–Trinajstić information content (AvgIpc) is 3.00. The third kappa shape index (κ3) is 3.29. The second-order valence-corrected chi connectivity index (χ2v) is 5.79. The molecule has 1 fully saturated rings. The van der Waals surface area contributed by atoms with Crippen LogP contribution in [0.2, 0.25) is 0 Å². The maximum atomic E-state index is 12.5. The van der Waals surface area contributed by atoms with Gasteiger partial charge in [0.1, 0.15) is 12.7 Å². The minimum absolute atomic E-state index is 0.147. The van der Waals surface area contributed by atoms with Gasteiger partial charge in [0.25, 0.3) is 5.91 Å². The van der Waals surface area contributed by atoms with Crippen molar-refractivity contribution in [3.63, 3.8) is 0 Å². The molecule has 110 valence electrons. The van der Waals surface area contributed by atoms with Crippen molar-refractivity contribution in [1.82, 2.24) is 19.7 Å². The van der Waals surface area contributed by atoms with E-state index in [1.54, 1.807) is 11.0 Å². The maximum absolute atomic E-state index is 12.5. The number of amides is 1. The van der Waals surface area contributed by atoms with E-state index in [0.29, 0.717) is 12.5 Å². The van der Waals surface area contributed by atoms with E-state index in [9.17, 15) is 4.79 Å². The molecule has 1 atom stereocenters. The second-order valence-electron chi connectivity index (χ2n) is 5.79.